The third-order valence-electron chi connectivity index (χ3n) is 2.67. The molecule has 1 aromatic rings. The van der Waals surface area contributed by atoms with Crippen LogP contribution in [0.1, 0.15) is 15.9 Å². The molecule has 0 aliphatic rings. The summed E-state index contributed by atoms with van der Waals surface area (Å²) in [5, 5.41) is 17.7. The zero-order valence-corrected chi connectivity index (χ0v) is 10.5. The fourth-order valence-corrected chi connectivity index (χ4v) is 1.73. The molecule has 0 aliphatic carbocycles. The number of alkyl halides is 3. The van der Waals surface area contributed by atoms with Crippen molar-refractivity contribution in [3.05, 3.63) is 29.3 Å². The number of aliphatic hydroxyl groups excluding tert-OH is 2. The largest absolute Gasteiger partial charge is 0.418 e. The van der Waals surface area contributed by atoms with Gasteiger partial charge in [0.15, 0.2) is 0 Å². The predicted molar refractivity (Wildman–Crippen MR) is 65.9 cm³/mol. The molecule has 0 radical (unpaired) electrons. The monoisotopic (exact) mass is 292 g/mol. The second-order valence-corrected chi connectivity index (χ2v) is 4.00. The number of amides is 1. The first-order chi connectivity index (χ1) is 9.32. The van der Waals surface area contributed by atoms with Crippen molar-refractivity contribution in [1.29, 1.82) is 0 Å². The number of aliphatic hydroxyl groups is 2. The van der Waals surface area contributed by atoms with Crippen LogP contribution in [0.3, 0.4) is 0 Å². The van der Waals surface area contributed by atoms with E-state index < -0.39 is 23.3 Å². The number of benzene rings is 1. The second kappa shape index (κ2) is 6.58. The van der Waals surface area contributed by atoms with Crippen LogP contribution in [0.5, 0.6) is 0 Å². The topological polar surface area (TPSA) is 86.8 Å². The fourth-order valence-electron chi connectivity index (χ4n) is 1.73. The molecular formula is C12H15F3N2O3. The van der Waals surface area contributed by atoms with Crippen LogP contribution in [0.4, 0.5) is 18.9 Å². The highest BCUT2D eigenvalue weighted by Crippen LogP contribution is 2.35. The van der Waals surface area contributed by atoms with E-state index in [1.54, 1.807) is 0 Å². The molecule has 0 bridgehead atoms. The van der Waals surface area contributed by atoms with E-state index in [9.17, 15) is 18.0 Å². The molecule has 4 N–H and O–H groups in total. The summed E-state index contributed by atoms with van der Waals surface area (Å²) >= 11 is 0. The van der Waals surface area contributed by atoms with Crippen LogP contribution in [-0.2, 0) is 6.18 Å². The zero-order chi connectivity index (χ0) is 15.3. The summed E-state index contributed by atoms with van der Waals surface area (Å²) in [4.78, 5) is 13.1. The Hall–Kier alpha value is -1.80. The van der Waals surface area contributed by atoms with Gasteiger partial charge in [0.05, 0.1) is 30.0 Å². The molecule has 20 heavy (non-hydrogen) atoms. The van der Waals surface area contributed by atoms with Gasteiger partial charge in [0, 0.05) is 13.1 Å². The Morgan fingerprint density at radius 3 is 2.20 bits per heavy atom. The SMILES string of the molecule is Nc1c(C(=O)N(CCO)CCO)cccc1C(F)(F)F. The molecule has 0 aliphatic heterocycles. The molecule has 0 unspecified atom stereocenters. The average molecular weight is 292 g/mol. The number of hydrogen-bond donors (Lipinski definition) is 3. The van der Waals surface area contributed by atoms with Crippen molar-refractivity contribution in [2.75, 3.05) is 32.0 Å². The van der Waals surface area contributed by atoms with Gasteiger partial charge in [-0.2, -0.15) is 13.2 Å². The van der Waals surface area contributed by atoms with Gasteiger partial charge in [0.25, 0.3) is 5.91 Å². The fraction of sp³-hybridized carbons (Fsp3) is 0.417. The Balaban J connectivity index is 3.16. The van der Waals surface area contributed by atoms with Gasteiger partial charge in [-0.1, -0.05) is 6.07 Å². The van der Waals surface area contributed by atoms with Crippen molar-refractivity contribution in [1.82, 2.24) is 4.90 Å². The van der Waals surface area contributed by atoms with E-state index in [1.807, 2.05) is 0 Å². The highest BCUT2D eigenvalue weighted by molar-refractivity contribution is 5.99. The van der Waals surface area contributed by atoms with Gasteiger partial charge in [-0.25, -0.2) is 0 Å². The van der Waals surface area contributed by atoms with Gasteiger partial charge in [-0.05, 0) is 12.1 Å². The van der Waals surface area contributed by atoms with Crippen LogP contribution < -0.4 is 5.73 Å². The highest BCUT2D eigenvalue weighted by atomic mass is 19.4. The van der Waals surface area contributed by atoms with Crippen LogP contribution in [0.25, 0.3) is 0 Å². The summed E-state index contributed by atoms with van der Waals surface area (Å²) < 4.78 is 38.1. The highest BCUT2D eigenvalue weighted by Gasteiger charge is 2.34. The molecule has 0 spiro atoms. The molecule has 5 nitrogen and oxygen atoms in total. The predicted octanol–water partition coefficient (Wildman–Crippen LogP) is 0.714. The lowest BCUT2D eigenvalue weighted by Gasteiger charge is -2.22. The third-order valence-corrected chi connectivity index (χ3v) is 2.67. The van der Waals surface area contributed by atoms with Crippen molar-refractivity contribution in [3.63, 3.8) is 0 Å². The lowest BCUT2D eigenvalue weighted by atomic mass is 10.1. The van der Waals surface area contributed by atoms with Gasteiger partial charge < -0.3 is 20.8 Å². The first kappa shape index (κ1) is 16.3. The molecule has 0 heterocycles. The smallest absolute Gasteiger partial charge is 0.398 e. The second-order valence-electron chi connectivity index (χ2n) is 4.00. The quantitative estimate of drug-likeness (QED) is 0.698. The first-order valence-corrected chi connectivity index (χ1v) is 5.79. The molecule has 0 fully saturated rings. The summed E-state index contributed by atoms with van der Waals surface area (Å²) in [6.07, 6.45) is -4.65. The molecule has 1 amide bonds. The Labute approximate surface area is 113 Å². The molecular weight excluding hydrogens is 277 g/mol. The Morgan fingerprint density at radius 1 is 1.20 bits per heavy atom. The number of anilines is 1. The lowest BCUT2D eigenvalue weighted by molar-refractivity contribution is -0.136. The van der Waals surface area contributed by atoms with E-state index in [2.05, 4.69) is 0 Å². The van der Waals surface area contributed by atoms with Crippen molar-refractivity contribution < 1.29 is 28.2 Å². The van der Waals surface area contributed by atoms with Crippen LogP contribution >= 0.6 is 0 Å². The number of carbonyl (C=O) groups is 1. The van der Waals surface area contributed by atoms with E-state index >= 15 is 0 Å². The van der Waals surface area contributed by atoms with Crippen molar-refractivity contribution >= 4 is 11.6 Å². The van der Waals surface area contributed by atoms with Gasteiger partial charge in [0.2, 0.25) is 0 Å². The Bertz CT molecular complexity index is 472. The van der Waals surface area contributed by atoms with E-state index in [4.69, 9.17) is 15.9 Å². The van der Waals surface area contributed by atoms with Crippen molar-refractivity contribution in [3.8, 4) is 0 Å². The molecule has 0 saturated heterocycles. The number of nitrogens with two attached hydrogens (primary N) is 1. The van der Waals surface area contributed by atoms with Crippen LogP contribution in [0, 0.1) is 0 Å². The van der Waals surface area contributed by atoms with E-state index in [0.717, 1.165) is 17.0 Å². The maximum absolute atomic E-state index is 12.7. The van der Waals surface area contributed by atoms with Gasteiger partial charge in [-0.3, -0.25) is 4.79 Å². The number of hydrogen-bond acceptors (Lipinski definition) is 4. The minimum atomic E-state index is -4.65. The van der Waals surface area contributed by atoms with Crippen LogP contribution in [-0.4, -0.2) is 47.3 Å². The number of halogens is 3. The number of rotatable bonds is 5. The van der Waals surface area contributed by atoms with E-state index in [-0.39, 0.29) is 31.9 Å². The molecule has 1 rings (SSSR count). The number of nitrogens with zero attached hydrogens (tertiary/aromatic N) is 1. The van der Waals surface area contributed by atoms with Crippen LogP contribution in [0.2, 0.25) is 0 Å². The van der Waals surface area contributed by atoms with E-state index in [1.165, 1.54) is 6.07 Å². The summed E-state index contributed by atoms with van der Waals surface area (Å²) in [6.45, 7) is -0.945. The Morgan fingerprint density at radius 2 is 1.75 bits per heavy atom. The Kier molecular flexibility index (Phi) is 5.34. The molecule has 0 atom stereocenters. The third kappa shape index (κ3) is 3.61. The van der Waals surface area contributed by atoms with Gasteiger partial charge in [0.1, 0.15) is 0 Å². The number of nitrogen functional groups attached to an aromatic ring is 1. The molecule has 8 heteroatoms. The maximum Gasteiger partial charge on any atom is 0.418 e. The summed E-state index contributed by atoms with van der Waals surface area (Å²) in [5.74, 6) is -0.767. The van der Waals surface area contributed by atoms with Crippen molar-refractivity contribution in [2.24, 2.45) is 0 Å². The lowest BCUT2D eigenvalue weighted by Crippen LogP contribution is -2.36. The zero-order valence-electron chi connectivity index (χ0n) is 10.5. The minimum Gasteiger partial charge on any atom is -0.398 e. The van der Waals surface area contributed by atoms with Gasteiger partial charge in [-0.15, -0.1) is 0 Å². The molecule has 1 aromatic carbocycles. The van der Waals surface area contributed by atoms with Gasteiger partial charge >= 0.3 is 6.18 Å². The molecule has 0 aromatic heterocycles. The average Bonchev–Trinajstić information content (AvgIpc) is 2.36. The molecule has 112 valence electrons. The standard InChI is InChI=1S/C12H15F3N2O3/c13-12(14,15)9-3-1-2-8(10(9)16)11(20)17(4-6-18)5-7-19/h1-3,18-19H,4-7,16H2. The van der Waals surface area contributed by atoms with Crippen molar-refractivity contribution in [2.45, 2.75) is 6.18 Å². The van der Waals surface area contributed by atoms with E-state index in [0.29, 0.717) is 0 Å². The normalized spacial score (nSPS) is 11.4. The number of carbonyl (C=O) groups excluding carboxylic acids is 1. The summed E-state index contributed by atoms with van der Waals surface area (Å²) in [7, 11) is 0. The summed E-state index contributed by atoms with van der Waals surface area (Å²) in [5.41, 5.74) is 3.36. The minimum absolute atomic E-state index is 0.102. The van der Waals surface area contributed by atoms with Crippen LogP contribution in [0.15, 0.2) is 18.2 Å². The maximum atomic E-state index is 12.7. The first-order valence-electron chi connectivity index (χ1n) is 5.79. The molecule has 0 saturated carbocycles. The number of para-hydroxylation sites is 1. The summed E-state index contributed by atoms with van der Waals surface area (Å²) in [6, 6.07) is 3.05.